The summed E-state index contributed by atoms with van der Waals surface area (Å²) >= 11 is 0. The monoisotopic (exact) mass is 277 g/mol. The van der Waals surface area contributed by atoms with Gasteiger partial charge in [-0.05, 0) is 30.5 Å². The van der Waals surface area contributed by atoms with Crippen LogP contribution in [0.1, 0.15) is 18.4 Å². The Hall–Kier alpha value is -1.10. The van der Waals surface area contributed by atoms with E-state index in [2.05, 4.69) is 17.0 Å². The summed E-state index contributed by atoms with van der Waals surface area (Å²) in [6.45, 7) is 2.73. The van der Waals surface area contributed by atoms with Crippen LogP contribution in [0.25, 0.3) is 0 Å². The Kier molecular flexibility index (Phi) is 4.24. The van der Waals surface area contributed by atoms with Crippen LogP contribution < -0.4 is 4.74 Å². The Morgan fingerprint density at radius 2 is 2.00 bits per heavy atom. The van der Waals surface area contributed by atoms with E-state index in [1.165, 1.54) is 12.0 Å². The molecule has 1 aromatic rings. The lowest BCUT2D eigenvalue weighted by atomic mass is 10.1. The van der Waals surface area contributed by atoms with E-state index in [1.807, 2.05) is 12.1 Å². The van der Waals surface area contributed by atoms with Crippen molar-refractivity contribution >= 4 is 0 Å². The highest BCUT2D eigenvalue weighted by Gasteiger charge is 2.42. The molecule has 0 amide bonds. The summed E-state index contributed by atoms with van der Waals surface area (Å²) in [6, 6.07) is 8.80. The highest BCUT2D eigenvalue weighted by molar-refractivity contribution is 5.27. The first-order valence-electron chi connectivity index (χ1n) is 7.33. The van der Waals surface area contributed by atoms with Crippen molar-refractivity contribution < 1.29 is 14.2 Å². The zero-order valence-corrected chi connectivity index (χ0v) is 12.2. The van der Waals surface area contributed by atoms with Gasteiger partial charge in [0.2, 0.25) is 0 Å². The van der Waals surface area contributed by atoms with Gasteiger partial charge in [0.1, 0.15) is 5.75 Å². The summed E-state index contributed by atoms with van der Waals surface area (Å²) < 4.78 is 16.8. The molecule has 0 N–H and O–H groups in total. The number of ether oxygens (including phenoxy) is 3. The van der Waals surface area contributed by atoms with Crippen LogP contribution >= 0.6 is 0 Å². The second kappa shape index (κ2) is 6.12. The van der Waals surface area contributed by atoms with Gasteiger partial charge in [0.15, 0.2) is 0 Å². The average Bonchev–Trinajstić information content (AvgIpc) is 2.80. The Morgan fingerprint density at radius 3 is 2.70 bits per heavy atom. The van der Waals surface area contributed by atoms with E-state index in [4.69, 9.17) is 14.2 Å². The third-order valence-electron chi connectivity index (χ3n) is 4.49. The fourth-order valence-corrected chi connectivity index (χ4v) is 3.44. The molecule has 0 radical (unpaired) electrons. The molecule has 2 fully saturated rings. The van der Waals surface area contributed by atoms with E-state index >= 15 is 0 Å². The zero-order chi connectivity index (χ0) is 13.9. The molecule has 1 saturated heterocycles. The first-order valence-corrected chi connectivity index (χ1v) is 7.33. The van der Waals surface area contributed by atoms with Gasteiger partial charge in [-0.2, -0.15) is 0 Å². The normalized spacial score (nSPS) is 30.2. The van der Waals surface area contributed by atoms with Crippen LogP contribution in [0.4, 0.5) is 0 Å². The van der Waals surface area contributed by atoms with Crippen LogP contribution in [-0.2, 0) is 16.0 Å². The van der Waals surface area contributed by atoms with Crippen molar-refractivity contribution in [1.29, 1.82) is 0 Å². The SMILES string of the molecule is COc1ccc(CN2CCOC3CCC2C3OC)cc1. The average molecular weight is 277 g/mol. The molecule has 1 aromatic carbocycles. The molecule has 1 saturated carbocycles. The second-order valence-corrected chi connectivity index (χ2v) is 5.57. The van der Waals surface area contributed by atoms with E-state index in [0.29, 0.717) is 6.04 Å². The van der Waals surface area contributed by atoms with Gasteiger partial charge in [0, 0.05) is 26.2 Å². The number of hydrogen-bond donors (Lipinski definition) is 0. The third kappa shape index (κ3) is 2.68. The van der Waals surface area contributed by atoms with E-state index in [0.717, 1.165) is 31.9 Å². The van der Waals surface area contributed by atoms with Crippen molar-refractivity contribution in [2.24, 2.45) is 0 Å². The summed E-state index contributed by atoms with van der Waals surface area (Å²) in [5, 5.41) is 0. The topological polar surface area (TPSA) is 30.9 Å². The van der Waals surface area contributed by atoms with Crippen LogP contribution in [0.5, 0.6) is 5.75 Å². The second-order valence-electron chi connectivity index (χ2n) is 5.57. The number of nitrogens with zero attached hydrogens (tertiary/aromatic N) is 1. The van der Waals surface area contributed by atoms with E-state index in [9.17, 15) is 0 Å². The van der Waals surface area contributed by atoms with Crippen molar-refractivity contribution in [1.82, 2.24) is 4.90 Å². The van der Waals surface area contributed by atoms with Gasteiger partial charge in [0.05, 0.1) is 25.9 Å². The largest absolute Gasteiger partial charge is 0.497 e. The van der Waals surface area contributed by atoms with Gasteiger partial charge in [-0.25, -0.2) is 0 Å². The molecule has 1 aliphatic carbocycles. The first kappa shape index (κ1) is 13.9. The lowest BCUT2D eigenvalue weighted by Crippen LogP contribution is -2.42. The molecular weight excluding hydrogens is 254 g/mol. The van der Waals surface area contributed by atoms with Crippen molar-refractivity contribution in [3.63, 3.8) is 0 Å². The van der Waals surface area contributed by atoms with Gasteiger partial charge < -0.3 is 14.2 Å². The lowest BCUT2D eigenvalue weighted by Gasteiger charge is -2.30. The first-order chi connectivity index (χ1) is 9.81. The van der Waals surface area contributed by atoms with E-state index in [-0.39, 0.29) is 12.2 Å². The number of fused-ring (bicyclic) bond motifs is 2. The molecule has 110 valence electrons. The van der Waals surface area contributed by atoms with Crippen LogP contribution in [0, 0.1) is 0 Å². The Balaban J connectivity index is 1.71. The highest BCUT2D eigenvalue weighted by atomic mass is 16.5. The maximum absolute atomic E-state index is 5.92. The van der Waals surface area contributed by atoms with Gasteiger partial charge in [0.25, 0.3) is 0 Å². The van der Waals surface area contributed by atoms with E-state index in [1.54, 1.807) is 14.2 Å². The lowest BCUT2D eigenvalue weighted by molar-refractivity contribution is -0.0326. The minimum Gasteiger partial charge on any atom is -0.497 e. The molecule has 4 nitrogen and oxygen atoms in total. The van der Waals surface area contributed by atoms with Crippen molar-refractivity contribution in [2.45, 2.75) is 37.6 Å². The number of rotatable bonds is 4. The maximum Gasteiger partial charge on any atom is 0.118 e. The zero-order valence-electron chi connectivity index (χ0n) is 12.2. The van der Waals surface area contributed by atoms with Crippen molar-refractivity contribution in [3.8, 4) is 5.75 Å². The molecule has 2 aliphatic rings. The summed E-state index contributed by atoms with van der Waals surface area (Å²) in [4.78, 5) is 2.50. The number of hydrogen-bond acceptors (Lipinski definition) is 4. The predicted octanol–water partition coefficient (Wildman–Crippen LogP) is 2.07. The molecule has 0 spiro atoms. The summed E-state index contributed by atoms with van der Waals surface area (Å²) in [6.07, 6.45) is 2.78. The predicted molar refractivity (Wildman–Crippen MR) is 77.0 cm³/mol. The highest BCUT2D eigenvalue weighted by Crippen LogP contribution is 2.32. The van der Waals surface area contributed by atoms with Crippen molar-refractivity contribution in [3.05, 3.63) is 29.8 Å². The van der Waals surface area contributed by atoms with Crippen molar-refractivity contribution in [2.75, 3.05) is 27.4 Å². The minimum atomic E-state index is 0.218. The molecule has 3 rings (SSSR count). The van der Waals surface area contributed by atoms with Gasteiger partial charge in [-0.15, -0.1) is 0 Å². The molecule has 1 heterocycles. The van der Waals surface area contributed by atoms with Gasteiger partial charge in [-0.1, -0.05) is 12.1 Å². The smallest absolute Gasteiger partial charge is 0.118 e. The van der Waals surface area contributed by atoms with Crippen LogP contribution in [0.3, 0.4) is 0 Å². The molecule has 3 atom stereocenters. The fourth-order valence-electron chi connectivity index (χ4n) is 3.44. The van der Waals surface area contributed by atoms with Gasteiger partial charge >= 0.3 is 0 Å². The number of benzene rings is 1. The standard InChI is InChI=1S/C16H23NO3/c1-18-13-5-3-12(4-6-13)11-17-9-10-20-15-8-7-14(17)16(15)19-2/h3-6,14-16H,7-11H2,1-2H3. The summed E-state index contributed by atoms with van der Waals surface area (Å²) in [7, 11) is 3.50. The molecule has 0 aromatic heterocycles. The van der Waals surface area contributed by atoms with Crippen LogP contribution in [0.15, 0.2) is 24.3 Å². The fraction of sp³-hybridized carbons (Fsp3) is 0.625. The minimum absolute atomic E-state index is 0.218. The molecule has 20 heavy (non-hydrogen) atoms. The van der Waals surface area contributed by atoms with Crippen LogP contribution in [0.2, 0.25) is 0 Å². The number of methoxy groups -OCH3 is 2. The molecule has 3 unspecified atom stereocenters. The Morgan fingerprint density at radius 1 is 1.20 bits per heavy atom. The molecular formula is C16H23NO3. The summed E-state index contributed by atoms with van der Waals surface area (Å²) in [5.74, 6) is 0.906. The summed E-state index contributed by atoms with van der Waals surface area (Å²) in [5.41, 5.74) is 1.31. The Labute approximate surface area is 120 Å². The quantitative estimate of drug-likeness (QED) is 0.843. The molecule has 1 aliphatic heterocycles. The van der Waals surface area contributed by atoms with E-state index < -0.39 is 0 Å². The maximum atomic E-state index is 5.92. The van der Waals surface area contributed by atoms with Gasteiger partial charge in [-0.3, -0.25) is 4.90 Å². The third-order valence-corrected chi connectivity index (χ3v) is 4.49. The Bertz CT molecular complexity index is 434. The molecule has 4 heteroatoms. The van der Waals surface area contributed by atoms with Crippen LogP contribution in [-0.4, -0.2) is 50.5 Å². The molecule has 2 bridgehead atoms.